The van der Waals surface area contributed by atoms with Gasteiger partial charge in [0.15, 0.2) is 0 Å². The first-order chi connectivity index (χ1) is 51.5. The fourth-order valence-electron chi connectivity index (χ4n) is 11.7. The van der Waals surface area contributed by atoms with Crippen molar-refractivity contribution in [1.29, 1.82) is 0 Å². The monoisotopic (exact) mass is 1500 g/mol. The molecule has 10 amide bonds. The van der Waals surface area contributed by atoms with Gasteiger partial charge in [0.1, 0.15) is 36.3 Å². The van der Waals surface area contributed by atoms with Crippen molar-refractivity contribution in [1.82, 2.24) is 72.5 Å². The van der Waals surface area contributed by atoms with Gasteiger partial charge >= 0.3 is 23.9 Å². The molecule has 0 bridgehead atoms. The van der Waals surface area contributed by atoms with Gasteiger partial charge in [-0.2, -0.15) is 0 Å². The largest absolute Gasteiger partial charge is 0.481 e. The van der Waals surface area contributed by atoms with Crippen molar-refractivity contribution in [3.8, 4) is 23.7 Å². The molecule has 2 aromatic heterocycles. The predicted molar refractivity (Wildman–Crippen MR) is 385 cm³/mol. The second-order valence-corrected chi connectivity index (χ2v) is 26.6. The van der Waals surface area contributed by atoms with Crippen LogP contribution in [0.4, 0.5) is 0 Å². The van der Waals surface area contributed by atoms with Gasteiger partial charge in [-0.1, -0.05) is 89.2 Å². The van der Waals surface area contributed by atoms with Crippen LogP contribution in [0.3, 0.4) is 0 Å². The van der Waals surface area contributed by atoms with Gasteiger partial charge in [-0.25, -0.2) is 0 Å². The number of carboxylic acid groups (broad SMARTS) is 4. The Morgan fingerprint density at radius 1 is 0.537 bits per heavy atom. The van der Waals surface area contributed by atoms with E-state index in [4.69, 9.17) is 21.7 Å². The minimum absolute atomic E-state index is 0.0583. The highest BCUT2D eigenvalue weighted by atomic mass is 32.2. The summed E-state index contributed by atoms with van der Waals surface area (Å²) in [4.78, 5) is 174. The summed E-state index contributed by atoms with van der Waals surface area (Å²) >= 11 is 1.65. The van der Waals surface area contributed by atoms with E-state index in [0.29, 0.717) is 37.3 Å². The van der Waals surface area contributed by atoms with Crippen molar-refractivity contribution in [2.45, 2.75) is 163 Å². The normalized spacial score (nSPS) is 14.1. The molecule has 0 fully saturated rings. The third-order valence-corrected chi connectivity index (χ3v) is 18.3. The molecule has 4 aromatic carbocycles. The average Bonchev–Trinajstić information content (AvgIpc) is 1.36. The van der Waals surface area contributed by atoms with E-state index in [1.165, 1.54) is 30.5 Å². The number of allylic oxidation sites excluding steroid dienone is 1. The van der Waals surface area contributed by atoms with Crippen LogP contribution < -0.4 is 54.0 Å². The number of primary amides is 2. The maximum atomic E-state index is 13.1. The van der Waals surface area contributed by atoms with E-state index in [2.05, 4.69) is 142 Å². The molecule has 0 spiro atoms. The second-order valence-electron chi connectivity index (χ2n) is 25.5. The molecule has 34 nitrogen and oxygen atoms in total. The second kappa shape index (κ2) is 38.3. The van der Waals surface area contributed by atoms with Crippen molar-refractivity contribution in [2.24, 2.45) is 17.4 Å². The summed E-state index contributed by atoms with van der Waals surface area (Å²) in [6.07, 6.45) is 0.976. The number of benzene rings is 4. The zero-order chi connectivity index (χ0) is 78.3. The van der Waals surface area contributed by atoms with Crippen molar-refractivity contribution < 1.29 is 87.5 Å². The molecule has 16 N–H and O–H groups in total. The SMILES string of the molecule is C[C@@H]1Cc2ccc3ccccc3c2C1=C1c2cc(C#CCCn3cc(CCC(=O)N[C@@H](CC(=O)O)C(=O)NCC(=O)N[C@@H](CCC(=O)O)C(=O)N[C@@H](C)C(N)=O)nn3)ccc2Sc2ccc(C#CCCn3cc(CCC(=O)N[C@@H](CC(=O)O)C(=O)NCC(=O)N[C@@H](CCC(=O)O)C(=O)N[C@@H](C)C(N)=O)nn3)cc21. The zero-order valence-corrected chi connectivity index (χ0v) is 59.7. The van der Waals surface area contributed by atoms with Crippen LogP contribution in [0, 0.1) is 29.6 Å². The minimum atomic E-state index is -1.61. The van der Waals surface area contributed by atoms with E-state index in [-0.39, 0.29) is 44.4 Å². The highest BCUT2D eigenvalue weighted by molar-refractivity contribution is 7.99. The van der Waals surface area contributed by atoms with Gasteiger partial charge in [-0.3, -0.25) is 76.5 Å². The number of nitrogens with two attached hydrogens (primary N) is 2. The lowest BCUT2D eigenvalue weighted by Crippen LogP contribution is -2.54. The molecule has 3 heterocycles. The van der Waals surface area contributed by atoms with Crippen LogP contribution in [0.1, 0.15) is 130 Å². The molecule has 108 heavy (non-hydrogen) atoms. The van der Waals surface area contributed by atoms with Gasteiger partial charge in [-0.05, 0) is 120 Å². The number of rotatable bonds is 36. The number of nitrogens with one attached hydrogen (secondary N) is 8. The van der Waals surface area contributed by atoms with E-state index in [0.717, 1.165) is 54.8 Å². The molecule has 8 rings (SSSR count). The number of hydrogen-bond donors (Lipinski definition) is 14. The molecule has 1 aliphatic heterocycles. The number of fused-ring (bicyclic) bond motifs is 5. The first kappa shape index (κ1) is 80.9. The van der Waals surface area contributed by atoms with E-state index >= 15 is 0 Å². The molecule has 6 aromatic rings. The quantitative estimate of drug-likeness (QED) is 0.0234. The number of aliphatic carboxylic acids is 4. The summed E-state index contributed by atoms with van der Waals surface area (Å²) < 4.78 is 3.14. The number of aryl methyl sites for hydroxylation is 4. The standard InChI is InChI=1S/C73H80N16O18S/c1-39-30-45-17-16-44-12-4-5-13-48(44)66(45)65(39)67-49-31-42(10-6-8-28-88-37-46(84-86-88)18-24-57(90)82-53(33-63(98)99)70(104)76-35-59(92)80-51(20-26-61(94)95)72(106)78-40(2)68(74)102)14-22-55(49)108-56-23-15-43(32-50(56)67)11-7-9-29-89-38-47(85-87-89)19-25-58(91)83-54(34-64(100)101)71(105)77-36-60(93)81-52(21-27-62(96)97)73(107)79-41(3)69(75)103/h4-5,12-17,22-23,31-32,37-41,51-54H,8-9,18-21,24-30,33-36H2,1-3H3,(H2,74,102)(H2,75,103)(H,76,104)(H,77,105)(H,78,106)(H,79,107)(H,80,92)(H,81,93)(H,82,90)(H,83,91)(H,94,95)(H,96,97)(H,98,99)(H,100,101)/t39-,40+,41+,51+,52+,53+,54+/m1/s1. The Morgan fingerprint density at radius 3 is 1.42 bits per heavy atom. The molecule has 0 saturated heterocycles. The highest BCUT2D eigenvalue weighted by Gasteiger charge is 2.35. The number of nitrogens with zero attached hydrogens (tertiary/aromatic N) is 6. The maximum absolute atomic E-state index is 13.1. The molecule has 35 heteroatoms. The van der Waals surface area contributed by atoms with E-state index < -0.39 is 158 Å². The maximum Gasteiger partial charge on any atom is 0.305 e. The smallest absolute Gasteiger partial charge is 0.305 e. The summed E-state index contributed by atoms with van der Waals surface area (Å²) in [5.74, 6) is -1.07. The van der Waals surface area contributed by atoms with Gasteiger partial charge in [0.25, 0.3) is 0 Å². The molecule has 0 radical (unpaired) electrons. The molecule has 7 atom stereocenters. The van der Waals surface area contributed by atoms with E-state index in [1.807, 2.05) is 24.3 Å². The van der Waals surface area contributed by atoms with Crippen molar-refractivity contribution in [2.75, 3.05) is 13.1 Å². The van der Waals surface area contributed by atoms with Crippen LogP contribution in [0.15, 0.2) is 95.0 Å². The Balaban J connectivity index is 0.873. The van der Waals surface area contributed by atoms with Crippen LogP contribution >= 0.6 is 11.8 Å². The van der Waals surface area contributed by atoms with E-state index in [9.17, 15) is 77.3 Å². The zero-order valence-electron chi connectivity index (χ0n) is 58.9. The number of amides is 10. The average molecular weight is 1500 g/mol. The summed E-state index contributed by atoms with van der Waals surface area (Å²) in [5.41, 5.74) is 19.5. The van der Waals surface area contributed by atoms with Crippen LogP contribution in [0.5, 0.6) is 0 Å². The van der Waals surface area contributed by atoms with Crippen LogP contribution in [0.25, 0.3) is 21.9 Å². The van der Waals surface area contributed by atoms with Crippen LogP contribution in [-0.4, -0.2) is 183 Å². The summed E-state index contributed by atoms with van der Waals surface area (Å²) in [7, 11) is 0. The summed E-state index contributed by atoms with van der Waals surface area (Å²) in [6, 6.07) is 16.7. The number of aromatic nitrogens is 6. The van der Waals surface area contributed by atoms with Crippen molar-refractivity contribution in [3.05, 3.63) is 130 Å². The fourth-order valence-corrected chi connectivity index (χ4v) is 12.7. The van der Waals surface area contributed by atoms with Gasteiger partial charge in [-0.15, -0.1) is 10.2 Å². The Hall–Kier alpha value is -12.8. The fraction of sp³-hybridized carbons (Fsp3) is 0.370. The number of carbonyl (C=O) groups excluding carboxylic acids is 10. The molecule has 0 saturated carbocycles. The van der Waals surface area contributed by atoms with Crippen LogP contribution in [-0.2, 0) is 99.5 Å². The predicted octanol–water partition coefficient (Wildman–Crippen LogP) is 0.218. The molecule has 566 valence electrons. The number of carboxylic acids is 4. The lowest BCUT2D eigenvalue weighted by atomic mass is 9.84. The van der Waals surface area contributed by atoms with Crippen molar-refractivity contribution >= 4 is 117 Å². The Bertz CT molecular complexity index is 4440. The molecule has 2 aliphatic rings. The lowest BCUT2D eigenvalue weighted by molar-refractivity contribution is -0.141. The number of carbonyl (C=O) groups is 14. The van der Waals surface area contributed by atoms with Crippen molar-refractivity contribution in [3.63, 3.8) is 0 Å². The minimum Gasteiger partial charge on any atom is -0.481 e. The Morgan fingerprint density at radius 2 is 0.981 bits per heavy atom. The first-order valence-corrected chi connectivity index (χ1v) is 35.1. The van der Waals surface area contributed by atoms with E-state index in [1.54, 1.807) is 33.5 Å². The third kappa shape index (κ3) is 23.6. The molecular weight excluding hydrogens is 1420 g/mol. The van der Waals surface area contributed by atoms with Gasteiger partial charge in [0.2, 0.25) is 59.1 Å². The Labute approximate surface area is 621 Å². The Kier molecular flexibility index (Phi) is 28.7. The van der Waals surface area contributed by atoms with Gasteiger partial charge < -0.3 is 74.4 Å². The van der Waals surface area contributed by atoms with Crippen LogP contribution in [0.2, 0.25) is 0 Å². The highest BCUT2D eigenvalue weighted by Crippen LogP contribution is 2.53. The number of hydrogen-bond acceptors (Lipinski definition) is 19. The molecular formula is C73H80N16O18S. The third-order valence-electron chi connectivity index (χ3n) is 17.2. The molecule has 1 aliphatic carbocycles. The van der Waals surface area contributed by atoms with Gasteiger partial charge in [0, 0.05) is 84.7 Å². The lowest BCUT2D eigenvalue weighted by Gasteiger charge is -2.26. The van der Waals surface area contributed by atoms with Gasteiger partial charge in [0.05, 0.1) is 50.4 Å². The first-order valence-electron chi connectivity index (χ1n) is 34.3. The summed E-state index contributed by atoms with van der Waals surface area (Å²) in [6.45, 7) is 3.91. The summed E-state index contributed by atoms with van der Waals surface area (Å²) in [5, 5.41) is 74.5. The topological polar surface area (TPSA) is 530 Å². The molecule has 0 unspecified atom stereocenters.